The summed E-state index contributed by atoms with van der Waals surface area (Å²) in [5.41, 5.74) is 0. The molecular formula is C22H45FSn. The van der Waals surface area contributed by atoms with Crippen LogP contribution in [0.5, 0.6) is 0 Å². The van der Waals surface area contributed by atoms with Crippen molar-refractivity contribution in [2.75, 3.05) is 0 Å². The summed E-state index contributed by atoms with van der Waals surface area (Å²) in [6.45, 7) is 2.29. The molecule has 2 radical (unpaired) electrons. The summed E-state index contributed by atoms with van der Waals surface area (Å²) >= 11 is -1.39. The third-order valence-electron chi connectivity index (χ3n) is 5.12. The van der Waals surface area contributed by atoms with Gasteiger partial charge >= 0.3 is 99.6 Å². The molecular weight excluding hydrogens is 402 g/mol. The Morgan fingerprint density at radius 3 is 0.917 bits per heavy atom. The van der Waals surface area contributed by atoms with E-state index in [4.69, 9.17) is 0 Å². The van der Waals surface area contributed by atoms with Crippen LogP contribution in [0.2, 0.25) is 4.44 Å². The van der Waals surface area contributed by atoms with Crippen LogP contribution in [0.1, 0.15) is 135 Å². The van der Waals surface area contributed by atoms with Crippen molar-refractivity contribution in [2.24, 2.45) is 0 Å². The predicted octanol–water partition coefficient (Wildman–Crippen LogP) is 8.82. The van der Waals surface area contributed by atoms with Crippen LogP contribution in [0, 0.1) is 0 Å². The molecule has 0 aromatic carbocycles. The number of halogens is 1. The van der Waals surface area contributed by atoms with Gasteiger partial charge < -0.3 is 0 Å². The number of unbranched alkanes of at least 4 members (excludes halogenated alkanes) is 19. The van der Waals surface area contributed by atoms with Crippen LogP contribution in [0.3, 0.4) is 0 Å². The van der Waals surface area contributed by atoms with Crippen LogP contribution in [0.25, 0.3) is 0 Å². The van der Waals surface area contributed by atoms with E-state index in [-0.39, 0.29) is 0 Å². The van der Waals surface area contributed by atoms with Crippen LogP contribution in [-0.2, 0) is 0 Å². The molecule has 0 saturated heterocycles. The Balaban J connectivity index is 2.93. The average molecular weight is 447 g/mol. The average Bonchev–Trinajstić information content (AvgIpc) is 2.60. The van der Waals surface area contributed by atoms with Gasteiger partial charge in [-0.15, -0.1) is 0 Å². The van der Waals surface area contributed by atoms with Gasteiger partial charge in [-0.05, 0) is 0 Å². The first-order valence-electron chi connectivity index (χ1n) is 11.2. The molecule has 0 heterocycles. The molecule has 0 aromatic heterocycles. The van der Waals surface area contributed by atoms with E-state index < -0.39 is 21.7 Å². The Bertz CT molecular complexity index is 186. The van der Waals surface area contributed by atoms with Crippen molar-refractivity contribution < 1.29 is 2.87 Å². The quantitative estimate of drug-likeness (QED) is 0.122. The van der Waals surface area contributed by atoms with Crippen molar-refractivity contribution in [2.45, 2.75) is 140 Å². The second-order valence-electron chi connectivity index (χ2n) is 7.60. The molecule has 0 rings (SSSR count). The summed E-state index contributed by atoms with van der Waals surface area (Å²) in [7, 11) is 0. The van der Waals surface area contributed by atoms with E-state index in [1.807, 2.05) is 0 Å². The normalized spacial score (nSPS) is 11.2. The zero-order valence-corrected chi connectivity index (χ0v) is 19.6. The fourth-order valence-electron chi connectivity index (χ4n) is 3.45. The molecule has 0 atom stereocenters. The summed E-state index contributed by atoms with van der Waals surface area (Å²) in [5, 5.41) is 0. The number of hydrogen-bond acceptors (Lipinski definition) is 0. The van der Waals surface area contributed by atoms with E-state index in [0.717, 1.165) is 4.44 Å². The molecule has 0 unspecified atom stereocenters. The van der Waals surface area contributed by atoms with Gasteiger partial charge in [0.2, 0.25) is 0 Å². The van der Waals surface area contributed by atoms with E-state index in [2.05, 4.69) is 6.92 Å². The van der Waals surface area contributed by atoms with Crippen LogP contribution >= 0.6 is 0 Å². The van der Waals surface area contributed by atoms with Crippen molar-refractivity contribution in [3.63, 3.8) is 0 Å². The van der Waals surface area contributed by atoms with Gasteiger partial charge in [0.05, 0.1) is 0 Å². The summed E-state index contributed by atoms with van der Waals surface area (Å²) in [4.78, 5) is 0. The van der Waals surface area contributed by atoms with Gasteiger partial charge in [0.25, 0.3) is 0 Å². The molecule has 0 saturated carbocycles. The minimum atomic E-state index is -1.39. The molecule has 0 nitrogen and oxygen atoms in total. The molecule has 24 heavy (non-hydrogen) atoms. The summed E-state index contributed by atoms with van der Waals surface area (Å²) < 4.78 is 13.0. The van der Waals surface area contributed by atoms with E-state index in [1.165, 1.54) is 128 Å². The summed E-state index contributed by atoms with van der Waals surface area (Å²) in [6.07, 6.45) is 28.4. The van der Waals surface area contributed by atoms with E-state index in [9.17, 15) is 2.87 Å². The van der Waals surface area contributed by atoms with Crippen LogP contribution in [0.4, 0.5) is 2.87 Å². The van der Waals surface area contributed by atoms with Crippen LogP contribution in [0.15, 0.2) is 0 Å². The van der Waals surface area contributed by atoms with Gasteiger partial charge in [0.1, 0.15) is 0 Å². The molecule has 0 spiro atoms. The van der Waals surface area contributed by atoms with Gasteiger partial charge in [-0.3, -0.25) is 0 Å². The van der Waals surface area contributed by atoms with Crippen molar-refractivity contribution in [1.82, 2.24) is 0 Å². The maximum absolute atomic E-state index is 12.1. The second kappa shape index (κ2) is 23.7. The topological polar surface area (TPSA) is 0 Å². The van der Waals surface area contributed by atoms with Crippen LogP contribution < -0.4 is 0 Å². The van der Waals surface area contributed by atoms with E-state index >= 15 is 0 Å². The molecule has 0 amide bonds. The Morgan fingerprint density at radius 1 is 0.417 bits per heavy atom. The van der Waals surface area contributed by atoms with Crippen molar-refractivity contribution >= 4 is 21.7 Å². The number of rotatable bonds is 21. The molecule has 0 aliphatic rings. The van der Waals surface area contributed by atoms with Gasteiger partial charge in [-0.1, -0.05) is 64.7 Å². The minimum absolute atomic E-state index is 0.947. The molecule has 0 fully saturated rings. The van der Waals surface area contributed by atoms with E-state index in [0.29, 0.717) is 0 Å². The van der Waals surface area contributed by atoms with Gasteiger partial charge in [0, 0.05) is 0 Å². The molecule has 144 valence electrons. The third-order valence-corrected chi connectivity index (χ3v) is 6.67. The summed E-state index contributed by atoms with van der Waals surface area (Å²) in [5.74, 6) is 0. The Hall–Kier alpha value is 0.729. The Labute approximate surface area is 164 Å². The molecule has 0 aliphatic heterocycles. The monoisotopic (exact) mass is 448 g/mol. The molecule has 0 aliphatic carbocycles. The fraction of sp³-hybridized carbons (Fsp3) is 1.00. The first kappa shape index (κ1) is 24.7. The van der Waals surface area contributed by atoms with Crippen LogP contribution in [-0.4, -0.2) is 21.7 Å². The van der Waals surface area contributed by atoms with Gasteiger partial charge in [0.15, 0.2) is 0 Å². The SMILES string of the molecule is CCCCCCCCCCCCCCCCCCCCC[CH2][Sn][F]. The Kier molecular flexibility index (Phi) is 24.4. The van der Waals surface area contributed by atoms with Crippen molar-refractivity contribution in [3.8, 4) is 0 Å². The molecule has 0 aromatic rings. The second-order valence-corrected chi connectivity index (χ2v) is 9.79. The van der Waals surface area contributed by atoms with E-state index in [1.54, 1.807) is 0 Å². The third kappa shape index (κ3) is 22.7. The standard InChI is InChI=1S/C22H45.FH.Sn/c1-3-5-7-9-11-13-15-17-19-21-22-20-18-16-14-12-10-8-6-4-2;;/h1,3-22H2,2H3;1H;/q;;+1/p-1. The number of hydrogen-bond donors (Lipinski definition) is 0. The van der Waals surface area contributed by atoms with Crippen molar-refractivity contribution in [3.05, 3.63) is 0 Å². The Morgan fingerprint density at radius 2 is 0.667 bits per heavy atom. The fourth-order valence-corrected chi connectivity index (χ4v) is 4.54. The zero-order chi connectivity index (χ0) is 17.6. The predicted molar refractivity (Wildman–Crippen MR) is 110 cm³/mol. The first-order chi connectivity index (χ1) is 11.9. The first-order valence-corrected chi connectivity index (χ1v) is 14.3. The maximum atomic E-state index is 12.1. The molecule has 2 heteroatoms. The zero-order valence-electron chi connectivity index (χ0n) is 16.7. The summed E-state index contributed by atoms with van der Waals surface area (Å²) in [6, 6.07) is 0. The van der Waals surface area contributed by atoms with Gasteiger partial charge in [-0.2, -0.15) is 0 Å². The van der Waals surface area contributed by atoms with Crippen molar-refractivity contribution in [1.29, 1.82) is 0 Å². The molecule has 0 bridgehead atoms. The van der Waals surface area contributed by atoms with Gasteiger partial charge in [-0.25, -0.2) is 0 Å². The molecule has 0 N–H and O–H groups in total.